The number of hydrogen-bond donors (Lipinski definition) is 2. The number of benzene rings is 1. The highest BCUT2D eigenvalue weighted by atomic mass is 16.1. The zero-order chi connectivity index (χ0) is 11.9. The molecule has 2 rings (SSSR count). The van der Waals surface area contributed by atoms with Crippen molar-refractivity contribution >= 4 is 11.5 Å². The smallest absolute Gasteiger partial charge is 0.133 e. The average molecular weight is 230 g/mol. The molecule has 0 bridgehead atoms. The summed E-state index contributed by atoms with van der Waals surface area (Å²) in [5.74, 6) is 0.385. The molecule has 3 heteroatoms. The van der Waals surface area contributed by atoms with Crippen molar-refractivity contribution in [3.8, 4) is 0 Å². The Morgan fingerprint density at radius 2 is 1.76 bits per heavy atom. The number of para-hydroxylation sites is 1. The van der Waals surface area contributed by atoms with E-state index in [1.165, 1.54) is 5.70 Å². The molecular weight excluding hydrogens is 212 g/mol. The lowest BCUT2D eigenvalue weighted by atomic mass is 10.0. The molecule has 1 aliphatic carbocycles. The maximum atomic E-state index is 11.3. The quantitative estimate of drug-likeness (QED) is 0.784. The van der Waals surface area contributed by atoms with Crippen LogP contribution in [0.15, 0.2) is 42.1 Å². The van der Waals surface area contributed by atoms with E-state index in [0.717, 1.165) is 24.9 Å². The number of hydrogen-bond acceptors (Lipinski definition) is 3. The van der Waals surface area contributed by atoms with Crippen molar-refractivity contribution in [2.24, 2.45) is 0 Å². The second-order valence-electron chi connectivity index (χ2n) is 4.28. The van der Waals surface area contributed by atoms with Gasteiger partial charge in [-0.05, 0) is 31.4 Å². The zero-order valence-corrected chi connectivity index (χ0v) is 9.91. The summed E-state index contributed by atoms with van der Waals surface area (Å²) in [7, 11) is 0. The molecule has 0 aliphatic heterocycles. The topological polar surface area (TPSA) is 41.1 Å². The number of ketones is 1. The Balaban J connectivity index is 1.86. The van der Waals surface area contributed by atoms with E-state index in [4.69, 9.17) is 0 Å². The largest absolute Gasteiger partial charge is 0.305 e. The SMILES string of the molecule is O=C1CCC=C(NNc2ccccc2)CCC1. The van der Waals surface area contributed by atoms with E-state index in [1.807, 2.05) is 30.3 Å². The second kappa shape index (κ2) is 6.09. The number of hydrazine groups is 1. The molecule has 1 aliphatic rings. The number of carbonyl (C=O) groups excluding carboxylic acids is 1. The van der Waals surface area contributed by atoms with E-state index < -0.39 is 0 Å². The molecule has 90 valence electrons. The minimum atomic E-state index is 0.385. The lowest BCUT2D eigenvalue weighted by Crippen LogP contribution is -2.21. The van der Waals surface area contributed by atoms with Crippen LogP contribution in [0.25, 0.3) is 0 Å². The molecule has 17 heavy (non-hydrogen) atoms. The van der Waals surface area contributed by atoms with Crippen LogP contribution in [0.2, 0.25) is 0 Å². The second-order valence-corrected chi connectivity index (χ2v) is 4.28. The highest BCUT2D eigenvalue weighted by molar-refractivity contribution is 5.78. The Bertz CT molecular complexity index is 398. The van der Waals surface area contributed by atoms with Gasteiger partial charge in [-0.2, -0.15) is 0 Å². The van der Waals surface area contributed by atoms with Crippen LogP contribution in [0.3, 0.4) is 0 Å². The predicted molar refractivity (Wildman–Crippen MR) is 69.4 cm³/mol. The molecule has 0 unspecified atom stereocenters. The summed E-state index contributed by atoms with van der Waals surface area (Å²) in [6.07, 6.45) is 6.23. The zero-order valence-electron chi connectivity index (χ0n) is 9.91. The maximum Gasteiger partial charge on any atom is 0.133 e. The average Bonchev–Trinajstić information content (AvgIpc) is 2.33. The van der Waals surface area contributed by atoms with E-state index in [2.05, 4.69) is 16.9 Å². The molecule has 0 heterocycles. The first-order valence-corrected chi connectivity index (χ1v) is 6.12. The Morgan fingerprint density at radius 3 is 2.59 bits per heavy atom. The standard InChI is InChI=1S/C14H18N2O/c17-14-10-4-8-13(9-5-11-14)16-15-12-6-2-1-3-7-12/h1-3,6-8,15-16H,4-5,9-11H2. The van der Waals surface area contributed by atoms with Crippen molar-refractivity contribution in [1.29, 1.82) is 0 Å². The molecular formula is C14H18N2O. The minimum Gasteiger partial charge on any atom is -0.305 e. The molecule has 0 saturated heterocycles. The van der Waals surface area contributed by atoms with Crippen molar-refractivity contribution in [3.63, 3.8) is 0 Å². The molecule has 0 spiro atoms. The Kier molecular flexibility index (Phi) is 4.19. The maximum absolute atomic E-state index is 11.3. The summed E-state index contributed by atoms with van der Waals surface area (Å²) in [5.41, 5.74) is 8.62. The molecule has 0 aromatic heterocycles. The molecule has 1 aromatic rings. The van der Waals surface area contributed by atoms with Crippen molar-refractivity contribution in [3.05, 3.63) is 42.1 Å². The van der Waals surface area contributed by atoms with Crippen LogP contribution in [-0.2, 0) is 4.79 Å². The lowest BCUT2D eigenvalue weighted by molar-refractivity contribution is -0.119. The third-order valence-electron chi connectivity index (χ3n) is 2.86. The van der Waals surface area contributed by atoms with Crippen molar-refractivity contribution < 1.29 is 4.79 Å². The number of allylic oxidation sites excluding steroid dienone is 2. The Labute approximate surface area is 102 Å². The van der Waals surface area contributed by atoms with Gasteiger partial charge in [0.25, 0.3) is 0 Å². The van der Waals surface area contributed by atoms with E-state index in [0.29, 0.717) is 18.6 Å². The fourth-order valence-electron chi connectivity index (χ4n) is 1.90. The summed E-state index contributed by atoms with van der Waals surface area (Å²) in [5, 5.41) is 0. The minimum absolute atomic E-state index is 0.385. The van der Waals surface area contributed by atoms with Crippen LogP contribution in [0.5, 0.6) is 0 Å². The van der Waals surface area contributed by atoms with Gasteiger partial charge < -0.3 is 10.9 Å². The normalized spacial score (nSPS) is 16.7. The van der Waals surface area contributed by atoms with Crippen LogP contribution >= 0.6 is 0 Å². The fraction of sp³-hybridized carbons (Fsp3) is 0.357. The van der Waals surface area contributed by atoms with Crippen molar-refractivity contribution in [2.75, 3.05) is 5.43 Å². The van der Waals surface area contributed by atoms with Gasteiger partial charge in [0, 0.05) is 18.5 Å². The van der Waals surface area contributed by atoms with Crippen molar-refractivity contribution in [2.45, 2.75) is 32.1 Å². The third-order valence-corrected chi connectivity index (χ3v) is 2.86. The first kappa shape index (κ1) is 11.7. The molecule has 0 saturated carbocycles. The van der Waals surface area contributed by atoms with Gasteiger partial charge in [-0.3, -0.25) is 4.79 Å². The number of anilines is 1. The first-order valence-electron chi connectivity index (χ1n) is 6.12. The number of carbonyl (C=O) groups is 1. The molecule has 3 nitrogen and oxygen atoms in total. The molecule has 0 atom stereocenters. The summed E-state index contributed by atoms with van der Waals surface area (Å²) < 4.78 is 0. The third kappa shape index (κ3) is 3.94. The molecule has 0 fully saturated rings. The molecule has 2 N–H and O–H groups in total. The summed E-state index contributed by atoms with van der Waals surface area (Å²) in [6, 6.07) is 10.0. The van der Waals surface area contributed by atoms with Gasteiger partial charge in [0.15, 0.2) is 0 Å². The van der Waals surface area contributed by atoms with Gasteiger partial charge in [-0.1, -0.05) is 24.3 Å². The van der Waals surface area contributed by atoms with Crippen LogP contribution in [-0.4, -0.2) is 5.78 Å². The molecule has 1 aromatic carbocycles. The number of Topliss-reactive ketones (excluding diaryl/α,β-unsaturated/α-hetero) is 1. The molecule has 0 amide bonds. The van der Waals surface area contributed by atoms with Gasteiger partial charge in [0.05, 0.1) is 5.69 Å². The van der Waals surface area contributed by atoms with E-state index in [-0.39, 0.29) is 0 Å². The first-order chi connectivity index (χ1) is 8.34. The summed E-state index contributed by atoms with van der Waals surface area (Å²) >= 11 is 0. The van der Waals surface area contributed by atoms with Crippen LogP contribution in [0, 0.1) is 0 Å². The monoisotopic (exact) mass is 230 g/mol. The van der Waals surface area contributed by atoms with Crippen molar-refractivity contribution in [1.82, 2.24) is 5.43 Å². The number of nitrogens with one attached hydrogen (secondary N) is 2. The van der Waals surface area contributed by atoms with Crippen LogP contribution < -0.4 is 10.9 Å². The number of rotatable bonds is 3. The lowest BCUT2D eigenvalue weighted by Gasteiger charge is -2.15. The van der Waals surface area contributed by atoms with E-state index >= 15 is 0 Å². The summed E-state index contributed by atoms with van der Waals surface area (Å²) in [6.45, 7) is 0. The highest BCUT2D eigenvalue weighted by Gasteiger charge is 2.06. The van der Waals surface area contributed by atoms with E-state index in [9.17, 15) is 4.79 Å². The van der Waals surface area contributed by atoms with Gasteiger partial charge in [0.1, 0.15) is 5.78 Å². The van der Waals surface area contributed by atoms with Gasteiger partial charge in [-0.15, -0.1) is 0 Å². The Morgan fingerprint density at radius 1 is 0.941 bits per heavy atom. The summed E-state index contributed by atoms with van der Waals surface area (Å²) in [4.78, 5) is 11.3. The highest BCUT2D eigenvalue weighted by Crippen LogP contribution is 2.13. The van der Waals surface area contributed by atoms with E-state index in [1.54, 1.807) is 0 Å². The fourth-order valence-corrected chi connectivity index (χ4v) is 1.90. The van der Waals surface area contributed by atoms with Gasteiger partial charge in [-0.25, -0.2) is 0 Å². The van der Waals surface area contributed by atoms with Gasteiger partial charge >= 0.3 is 0 Å². The van der Waals surface area contributed by atoms with Gasteiger partial charge in [0.2, 0.25) is 0 Å². The Hall–Kier alpha value is -1.77. The molecule has 0 radical (unpaired) electrons. The predicted octanol–water partition coefficient (Wildman–Crippen LogP) is 3.02. The van der Waals surface area contributed by atoms with Crippen LogP contribution in [0.1, 0.15) is 32.1 Å². The van der Waals surface area contributed by atoms with Crippen LogP contribution in [0.4, 0.5) is 5.69 Å².